The second-order valence-electron chi connectivity index (χ2n) is 8.26. The molecule has 0 bridgehead atoms. The Morgan fingerprint density at radius 1 is 1.12 bits per heavy atom. The Morgan fingerprint density at radius 2 is 1.94 bits per heavy atom. The summed E-state index contributed by atoms with van der Waals surface area (Å²) in [6, 6.07) is 10.5. The molecule has 7 nitrogen and oxygen atoms in total. The summed E-state index contributed by atoms with van der Waals surface area (Å²) in [4.78, 5) is 9.04. The van der Waals surface area contributed by atoms with Gasteiger partial charge < -0.3 is 20.2 Å². The van der Waals surface area contributed by atoms with Gasteiger partial charge in [-0.1, -0.05) is 18.2 Å². The van der Waals surface area contributed by atoms with E-state index in [9.17, 15) is 4.39 Å². The van der Waals surface area contributed by atoms with Gasteiger partial charge in [-0.05, 0) is 48.4 Å². The molecule has 1 unspecified atom stereocenters. The van der Waals surface area contributed by atoms with Crippen LogP contribution < -0.4 is 15.5 Å². The zero-order valence-electron chi connectivity index (χ0n) is 18.4. The van der Waals surface area contributed by atoms with Crippen LogP contribution >= 0.6 is 0 Å². The molecule has 5 rings (SSSR count). The maximum atomic E-state index is 13.5. The van der Waals surface area contributed by atoms with Crippen molar-refractivity contribution in [1.82, 2.24) is 15.4 Å². The minimum absolute atomic E-state index is 0.0527. The largest absolute Gasteiger partial charge is 0.488 e. The molecule has 2 aliphatic heterocycles. The summed E-state index contributed by atoms with van der Waals surface area (Å²) in [6.07, 6.45) is 7.34. The quantitative estimate of drug-likeness (QED) is 0.586. The van der Waals surface area contributed by atoms with E-state index in [1.165, 1.54) is 12.1 Å². The molecular formula is C25H26FN5O2. The fourth-order valence-electron chi connectivity index (χ4n) is 3.99. The van der Waals surface area contributed by atoms with E-state index < -0.39 is 0 Å². The van der Waals surface area contributed by atoms with Gasteiger partial charge in [-0.25, -0.2) is 14.4 Å². The molecule has 3 heterocycles. The fraction of sp³-hybridized carbons (Fsp3) is 0.320. The van der Waals surface area contributed by atoms with Crippen molar-refractivity contribution >= 4 is 22.4 Å². The molecule has 1 atom stereocenters. The highest BCUT2D eigenvalue weighted by molar-refractivity contribution is 5.96. The van der Waals surface area contributed by atoms with Crippen molar-refractivity contribution in [3.63, 3.8) is 0 Å². The first kappa shape index (κ1) is 21.3. The number of nitrogens with one attached hydrogen (secondary N) is 2. The van der Waals surface area contributed by atoms with Gasteiger partial charge in [-0.15, -0.1) is 0 Å². The Labute approximate surface area is 191 Å². The summed E-state index contributed by atoms with van der Waals surface area (Å²) < 4.78 is 25.4. The van der Waals surface area contributed by atoms with E-state index in [4.69, 9.17) is 9.47 Å². The van der Waals surface area contributed by atoms with E-state index in [1.54, 1.807) is 18.5 Å². The van der Waals surface area contributed by atoms with Crippen LogP contribution in [-0.4, -0.2) is 47.6 Å². The summed E-state index contributed by atoms with van der Waals surface area (Å²) in [5.74, 6) is 1.14. The van der Waals surface area contributed by atoms with Crippen molar-refractivity contribution in [2.75, 3.05) is 25.1 Å². The molecule has 1 fully saturated rings. The van der Waals surface area contributed by atoms with Crippen LogP contribution in [0.25, 0.3) is 22.0 Å². The van der Waals surface area contributed by atoms with E-state index >= 15 is 0 Å². The van der Waals surface area contributed by atoms with Crippen molar-refractivity contribution in [3.8, 4) is 16.9 Å². The molecule has 0 aliphatic carbocycles. The van der Waals surface area contributed by atoms with Crippen LogP contribution in [0.1, 0.15) is 19.8 Å². The average Bonchev–Trinajstić information content (AvgIpc) is 2.85. The molecule has 8 heteroatoms. The Kier molecular flexibility index (Phi) is 6.17. The number of ether oxygens (including phenoxy) is 2. The molecule has 0 spiro atoms. The standard InChI is InChI=1S/C25H26FN5O2/c1-16-2-7-20(31-30-16)14-27-25-22-12-18(17-3-5-19(26)6-4-17)13-23(24(22)28-15-29-25)33-21-8-10-32-11-9-21/h2-7,12-13,15,20-21,31H,8-11,14H2,1H3,(H,27,28,29). The third-order valence-corrected chi connectivity index (χ3v) is 5.81. The minimum atomic E-state index is -0.269. The van der Waals surface area contributed by atoms with E-state index in [0.717, 1.165) is 40.6 Å². The number of allylic oxidation sites excluding steroid dienone is 1. The maximum absolute atomic E-state index is 13.5. The highest BCUT2D eigenvalue weighted by atomic mass is 19.1. The first-order chi connectivity index (χ1) is 16.2. The first-order valence-electron chi connectivity index (χ1n) is 11.2. The Morgan fingerprint density at radius 3 is 2.70 bits per heavy atom. The van der Waals surface area contributed by atoms with E-state index in [1.807, 2.05) is 25.1 Å². The molecular weight excluding hydrogens is 421 g/mol. The lowest BCUT2D eigenvalue weighted by Crippen LogP contribution is -2.33. The molecule has 0 amide bonds. The monoisotopic (exact) mass is 447 g/mol. The van der Waals surface area contributed by atoms with Gasteiger partial charge in [0.1, 0.15) is 35.3 Å². The number of fused-ring (bicyclic) bond motifs is 1. The molecule has 2 N–H and O–H groups in total. The van der Waals surface area contributed by atoms with E-state index in [0.29, 0.717) is 31.3 Å². The lowest BCUT2D eigenvalue weighted by atomic mass is 10.0. The molecule has 1 saturated heterocycles. The number of benzene rings is 2. The minimum Gasteiger partial charge on any atom is -0.488 e. The SMILES string of the molecule is CC1=NNC(CNc2ncnc3c(OC4CCOCC4)cc(-c4ccc(F)cc4)cc23)C=C1. The Balaban J connectivity index is 1.50. The molecule has 2 aliphatic rings. The third kappa shape index (κ3) is 4.96. The lowest BCUT2D eigenvalue weighted by Gasteiger charge is -2.24. The van der Waals surface area contributed by atoms with Gasteiger partial charge in [0, 0.05) is 24.8 Å². The summed E-state index contributed by atoms with van der Waals surface area (Å²) >= 11 is 0. The lowest BCUT2D eigenvalue weighted by molar-refractivity contribution is 0.0261. The number of aromatic nitrogens is 2. The molecule has 33 heavy (non-hydrogen) atoms. The number of rotatable bonds is 6. The number of hydrogen-bond acceptors (Lipinski definition) is 7. The van der Waals surface area contributed by atoms with Gasteiger partial charge in [-0.2, -0.15) is 5.10 Å². The third-order valence-electron chi connectivity index (χ3n) is 5.81. The average molecular weight is 448 g/mol. The van der Waals surface area contributed by atoms with Crippen LogP contribution in [0.3, 0.4) is 0 Å². The number of halogens is 1. The normalized spacial score (nSPS) is 18.6. The van der Waals surface area contributed by atoms with E-state index in [2.05, 4.69) is 31.9 Å². The van der Waals surface area contributed by atoms with Crippen LogP contribution in [0.5, 0.6) is 5.75 Å². The molecule has 0 radical (unpaired) electrons. The Bertz CT molecular complexity index is 1190. The first-order valence-corrected chi connectivity index (χ1v) is 11.2. The van der Waals surface area contributed by atoms with Crippen molar-refractivity contribution < 1.29 is 13.9 Å². The predicted molar refractivity (Wildman–Crippen MR) is 127 cm³/mol. The molecule has 2 aromatic carbocycles. The highest BCUT2D eigenvalue weighted by Crippen LogP contribution is 2.35. The van der Waals surface area contributed by atoms with Crippen LogP contribution in [0, 0.1) is 5.82 Å². The van der Waals surface area contributed by atoms with Crippen LogP contribution in [0.15, 0.2) is 60.0 Å². The van der Waals surface area contributed by atoms with Crippen LogP contribution in [0.2, 0.25) is 0 Å². The fourth-order valence-corrected chi connectivity index (χ4v) is 3.99. The van der Waals surface area contributed by atoms with Crippen LogP contribution in [-0.2, 0) is 4.74 Å². The smallest absolute Gasteiger partial charge is 0.146 e. The summed E-state index contributed by atoms with van der Waals surface area (Å²) in [5, 5.41) is 8.54. The van der Waals surface area contributed by atoms with Crippen LogP contribution in [0.4, 0.5) is 10.2 Å². The van der Waals surface area contributed by atoms with Gasteiger partial charge in [0.15, 0.2) is 0 Å². The summed E-state index contributed by atoms with van der Waals surface area (Å²) in [5.41, 5.74) is 6.61. The summed E-state index contributed by atoms with van der Waals surface area (Å²) in [7, 11) is 0. The number of hydrogen-bond donors (Lipinski definition) is 2. The molecule has 3 aromatic rings. The second-order valence-corrected chi connectivity index (χ2v) is 8.26. The van der Waals surface area contributed by atoms with Crippen molar-refractivity contribution in [1.29, 1.82) is 0 Å². The number of hydrazone groups is 1. The molecule has 0 saturated carbocycles. The van der Waals surface area contributed by atoms with Gasteiger partial charge in [0.05, 0.1) is 25.0 Å². The van der Waals surface area contributed by atoms with Gasteiger partial charge in [0.2, 0.25) is 0 Å². The predicted octanol–water partition coefficient (Wildman–Crippen LogP) is 4.31. The second kappa shape index (κ2) is 9.54. The number of anilines is 1. The number of nitrogens with zero attached hydrogens (tertiary/aromatic N) is 3. The van der Waals surface area contributed by atoms with Gasteiger partial charge in [0.25, 0.3) is 0 Å². The topological polar surface area (TPSA) is 80.7 Å². The molecule has 1 aromatic heterocycles. The zero-order valence-corrected chi connectivity index (χ0v) is 18.4. The van der Waals surface area contributed by atoms with Crippen molar-refractivity contribution in [3.05, 3.63) is 60.7 Å². The van der Waals surface area contributed by atoms with Crippen molar-refractivity contribution in [2.45, 2.75) is 31.9 Å². The van der Waals surface area contributed by atoms with Gasteiger partial charge in [-0.3, -0.25) is 0 Å². The maximum Gasteiger partial charge on any atom is 0.146 e. The van der Waals surface area contributed by atoms with E-state index in [-0.39, 0.29) is 18.0 Å². The molecule has 170 valence electrons. The van der Waals surface area contributed by atoms with Crippen molar-refractivity contribution in [2.24, 2.45) is 5.10 Å². The Hall–Kier alpha value is -3.52. The highest BCUT2D eigenvalue weighted by Gasteiger charge is 2.19. The van der Waals surface area contributed by atoms with Gasteiger partial charge >= 0.3 is 0 Å². The zero-order chi connectivity index (χ0) is 22.6. The summed E-state index contributed by atoms with van der Waals surface area (Å²) in [6.45, 7) is 3.93.